The first-order chi connectivity index (χ1) is 14.6. The fourth-order valence-corrected chi connectivity index (χ4v) is 3.52. The summed E-state index contributed by atoms with van der Waals surface area (Å²) in [5.74, 6) is 2.43. The van der Waals surface area contributed by atoms with Gasteiger partial charge in [-0.15, -0.1) is 0 Å². The van der Waals surface area contributed by atoms with Gasteiger partial charge in [-0.05, 0) is 29.8 Å². The van der Waals surface area contributed by atoms with E-state index in [-0.39, 0.29) is 0 Å². The highest BCUT2D eigenvalue weighted by Gasteiger charge is 2.14. The molecular formula is C22H21ClN4O3. The SMILES string of the molecule is COc1cc(CNc2nccn3c(-c4cccc(Cl)c4)cnc23)cc(OC)c1OC. The number of benzene rings is 2. The number of hydrogen-bond donors (Lipinski definition) is 1. The molecule has 2 heterocycles. The highest BCUT2D eigenvalue weighted by atomic mass is 35.5. The number of halogens is 1. The van der Waals surface area contributed by atoms with Crippen LogP contribution in [0.3, 0.4) is 0 Å². The molecule has 0 atom stereocenters. The summed E-state index contributed by atoms with van der Waals surface area (Å²) < 4.78 is 18.2. The van der Waals surface area contributed by atoms with Crippen molar-refractivity contribution >= 4 is 23.1 Å². The van der Waals surface area contributed by atoms with E-state index in [0.29, 0.717) is 34.6 Å². The molecule has 7 nitrogen and oxygen atoms in total. The number of nitrogens with one attached hydrogen (secondary N) is 1. The van der Waals surface area contributed by atoms with Gasteiger partial charge in [0.05, 0.1) is 33.2 Å². The van der Waals surface area contributed by atoms with Crippen LogP contribution in [0.2, 0.25) is 5.02 Å². The number of hydrogen-bond acceptors (Lipinski definition) is 6. The molecule has 4 aromatic rings. The Labute approximate surface area is 179 Å². The normalized spacial score (nSPS) is 10.8. The first-order valence-corrected chi connectivity index (χ1v) is 9.63. The van der Waals surface area contributed by atoms with Crippen LogP contribution in [-0.2, 0) is 6.54 Å². The highest BCUT2D eigenvalue weighted by Crippen LogP contribution is 2.38. The summed E-state index contributed by atoms with van der Waals surface area (Å²) in [7, 11) is 4.77. The molecule has 30 heavy (non-hydrogen) atoms. The zero-order chi connectivity index (χ0) is 21.1. The second-order valence-corrected chi connectivity index (χ2v) is 6.95. The van der Waals surface area contributed by atoms with Crippen LogP contribution in [0.15, 0.2) is 55.0 Å². The molecule has 1 N–H and O–H groups in total. The van der Waals surface area contributed by atoms with Crippen molar-refractivity contribution in [2.45, 2.75) is 6.54 Å². The summed E-state index contributed by atoms with van der Waals surface area (Å²) in [5.41, 5.74) is 3.59. The number of fused-ring (bicyclic) bond motifs is 1. The van der Waals surface area contributed by atoms with Crippen LogP contribution in [-0.4, -0.2) is 35.7 Å². The molecule has 2 aromatic carbocycles. The van der Waals surface area contributed by atoms with Crippen LogP contribution in [0, 0.1) is 0 Å². The monoisotopic (exact) mass is 424 g/mol. The molecule has 8 heteroatoms. The van der Waals surface area contributed by atoms with Crippen molar-refractivity contribution in [3.63, 3.8) is 0 Å². The number of rotatable bonds is 7. The van der Waals surface area contributed by atoms with Gasteiger partial charge in [-0.1, -0.05) is 23.7 Å². The number of methoxy groups -OCH3 is 3. The van der Waals surface area contributed by atoms with Crippen LogP contribution in [0.5, 0.6) is 17.2 Å². The van der Waals surface area contributed by atoms with E-state index in [0.717, 1.165) is 22.5 Å². The Bertz CT molecular complexity index is 1170. The van der Waals surface area contributed by atoms with E-state index in [2.05, 4.69) is 15.3 Å². The van der Waals surface area contributed by atoms with Gasteiger partial charge in [0.1, 0.15) is 0 Å². The molecule has 0 aliphatic carbocycles. The lowest BCUT2D eigenvalue weighted by Gasteiger charge is -2.14. The molecule has 0 saturated heterocycles. The summed E-state index contributed by atoms with van der Waals surface area (Å²) >= 11 is 6.15. The van der Waals surface area contributed by atoms with Gasteiger partial charge in [-0.3, -0.25) is 4.40 Å². The Hall–Kier alpha value is -3.45. The van der Waals surface area contributed by atoms with E-state index < -0.39 is 0 Å². The lowest BCUT2D eigenvalue weighted by atomic mass is 10.1. The van der Waals surface area contributed by atoms with Gasteiger partial charge in [-0.2, -0.15) is 0 Å². The second kappa shape index (κ2) is 8.51. The minimum Gasteiger partial charge on any atom is -0.493 e. The smallest absolute Gasteiger partial charge is 0.203 e. The van der Waals surface area contributed by atoms with Crippen molar-refractivity contribution < 1.29 is 14.2 Å². The quantitative estimate of drug-likeness (QED) is 0.464. The largest absolute Gasteiger partial charge is 0.493 e. The predicted molar refractivity (Wildman–Crippen MR) is 117 cm³/mol. The summed E-state index contributed by atoms with van der Waals surface area (Å²) in [5, 5.41) is 4.03. The maximum absolute atomic E-state index is 6.15. The molecule has 154 valence electrons. The van der Waals surface area contributed by atoms with Crippen molar-refractivity contribution in [1.29, 1.82) is 0 Å². The molecule has 0 unspecified atom stereocenters. The number of anilines is 1. The van der Waals surface area contributed by atoms with E-state index in [4.69, 9.17) is 25.8 Å². The van der Waals surface area contributed by atoms with Crippen molar-refractivity contribution in [3.8, 4) is 28.5 Å². The first-order valence-electron chi connectivity index (χ1n) is 9.25. The highest BCUT2D eigenvalue weighted by molar-refractivity contribution is 6.30. The predicted octanol–water partition coefficient (Wildman–Crippen LogP) is 4.69. The van der Waals surface area contributed by atoms with Gasteiger partial charge in [0.2, 0.25) is 5.75 Å². The molecule has 4 rings (SSSR count). The average Bonchev–Trinajstić information content (AvgIpc) is 3.21. The van der Waals surface area contributed by atoms with Crippen LogP contribution in [0.4, 0.5) is 5.82 Å². The Balaban J connectivity index is 1.64. The van der Waals surface area contributed by atoms with Crippen LogP contribution in [0.25, 0.3) is 16.9 Å². The summed E-state index contributed by atoms with van der Waals surface area (Å²) in [6, 6.07) is 11.5. The van der Waals surface area contributed by atoms with E-state index >= 15 is 0 Å². The molecule has 0 aliphatic heterocycles. The van der Waals surface area contributed by atoms with Crippen LogP contribution >= 0.6 is 11.6 Å². The Morgan fingerprint density at radius 2 is 1.77 bits per heavy atom. The molecule has 0 radical (unpaired) electrons. The van der Waals surface area contributed by atoms with Gasteiger partial charge in [-0.25, -0.2) is 9.97 Å². The standard InChI is InChI=1S/C22H21ClN4O3/c1-28-18-9-14(10-19(29-2)20(18)30-3)12-25-21-22-26-13-17(27(22)8-7-24-21)15-5-4-6-16(23)11-15/h4-11,13H,12H2,1-3H3,(H,24,25). The van der Waals surface area contributed by atoms with Gasteiger partial charge in [0.25, 0.3) is 0 Å². The van der Waals surface area contributed by atoms with Crippen molar-refractivity contribution in [1.82, 2.24) is 14.4 Å². The first kappa shape index (κ1) is 19.8. The number of ether oxygens (including phenoxy) is 3. The minimum absolute atomic E-state index is 0.503. The van der Waals surface area contributed by atoms with Crippen molar-refractivity contribution in [2.75, 3.05) is 26.6 Å². The average molecular weight is 425 g/mol. The van der Waals surface area contributed by atoms with E-state index in [1.807, 2.05) is 53.2 Å². The third-order valence-electron chi connectivity index (χ3n) is 4.73. The lowest BCUT2D eigenvalue weighted by molar-refractivity contribution is 0.324. The van der Waals surface area contributed by atoms with E-state index in [9.17, 15) is 0 Å². The fourth-order valence-electron chi connectivity index (χ4n) is 3.33. The van der Waals surface area contributed by atoms with Crippen LogP contribution in [0.1, 0.15) is 5.56 Å². The zero-order valence-corrected chi connectivity index (χ0v) is 17.6. The fraction of sp³-hybridized carbons (Fsp3) is 0.182. The molecule has 2 aromatic heterocycles. The van der Waals surface area contributed by atoms with Crippen molar-refractivity contribution in [3.05, 3.63) is 65.6 Å². The Morgan fingerprint density at radius 1 is 1.00 bits per heavy atom. The molecule has 0 aliphatic rings. The van der Waals surface area contributed by atoms with Gasteiger partial charge < -0.3 is 19.5 Å². The van der Waals surface area contributed by atoms with Gasteiger partial charge >= 0.3 is 0 Å². The third kappa shape index (κ3) is 3.71. The Morgan fingerprint density at radius 3 is 2.43 bits per heavy atom. The summed E-state index contributed by atoms with van der Waals surface area (Å²) in [4.78, 5) is 9.01. The van der Waals surface area contributed by atoms with E-state index in [1.165, 1.54) is 0 Å². The molecule has 0 bridgehead atoms. The van der Waals surface area contributed by atoms with E-state index in [1.54, 1.807) is 27.5 Å². The number of nitrogens with zero attached hydrogens (tertiary/aromatic N) is 3. The zero-order valence-electron chi connectivity index (χ0n) is 16.8. The molecule has 0 fully saturated rings. The van der Waals surface area contributed by atoms with Crippen LogP contribution < -0.4 is 19.5 Å². The molecular weight excluding hydrogens is 404 g/mol. The summed E-state index contributed by atoms with van der Waals surface area (Å²) in [6.07, 6.45) is 5.43. The third-order valence-corrected chi connectivity index (χ3v) is 4.97. The Kier molecular flexibility index (Phi) is 5.63. The topological polar surface area (TPSA) is 69.9 Å². The van der Waals surface area contributed by atoms with Gasteiger partial charge in [0.15, 0.2) is 23.0 Å². The molecule has 0 spiro atoms. The lowest BCUT2D eigenvalue weighted by Crippen LogP contribution is -2.05. The maximum atomic E-state index is 6.15. The molecule has 0 amide bonds. The molecule has 0 saturated carbocycles. The minimum atomic E-state index is 0.503. The second-order valence-electron chi connectivity index (χ2n) is 6.51. The number of imidazole rings is 1. The number of aromatic nitrogens is 3. The summed E-state index contributed by atoms with van der Waals surface area (Å²) in [6.45, 7) is 0.503. The maximum Gasteiger partial charge on any atom is 0.203 e. The van der Waals surface area contributed by atoms with Gasteiger partial charge in [0, 0.05) is 29.5 Å². The van der Waals surface area contributed by atoms with Crippen molar-refractivity contribution in [2.24, 2.45) is 0 Å².